The van der Waals surface area contributed by atoms with Crippen LogP contribution in [0.3, 0.4) is 0 Å². The highest BCUT2D eigenvalue weighted by molar-refractivity contribution is 7.47. The minimum Gasteiger partial charge on any atom is -0.462 e. The Bertz CT molecular complexity index is 1250. The number of rotatable bonds is 38. The molecule has 1 aliphatic carbocycles. The zero-order valence-electron chi connectivity index (χ0n) is 37.4. The number of hydrogen-bond acceptors (Lipinski definition) is 12. The Kier molecular flexibility index (Phi) is 34.7. The van der Waals surface area contributed by atoms with Crippen LogP contribution in [0.5, 0.6) is 0 Å². The summed E-state index contributed by atoms with van der Waals surface area (Å²) >= 11 is 0. The number of aliphatic hydroxyl groups excluding tert-OH is 5. The number of phosphoric ester groups is 1. The minimum atomic E-state index is -5.14. The van der Waals surface area contributed by atoms with E-state index >= 15 is 0 Å². The third-order valence-corrected chi connectivity index (χ3v) is 11.6. The van der Waals surface area contributed by atoms with E-state index in [0.717, 1.165) is 32.1 Å². The van der Waals surface area contributed by atoms with Crippen molar-refractivity contribution in [3.63, 3.8) is 0 Å². The Morgan fingerprint density at radius 3 is 1.43 bits per heavy atom. The molecule has 0 aromatic rings. The lowest BCUT2D eigenvalue weighted by Gasteiger charge is -2.41. The number of hydrogen-bond donors (Lipinski definition) is 6. The van der Waals surface area contributed by atoms with E-state index in [1.54, 1.807) is 0 Å². The van der Waals surface area contributed by atoms with Crippen molar-refractivity contribution in [3.8, 4) is 0 Å². The Morgan fingerprint density at radius 2 is 0.918 bits per heavy atom. The largest absolute Gasteiger partial charge is 0.472 e. The second-order valence-electron chi connectivity index (χ2n) is 16.3. The molecule has 61 heavy (non-hydrogen) atoms. The van der Waals surface area contributed by atoms with Gasteiger partial charge in [-0.2, -0.15) is 0 Å². The number of carbonyl (C=O) groups excluding carboxylic acids is 2. The van der Waals surface area contributed by atoms with Gasteiger partial charge in [-0.05, 0) is 57.8 Å². The first kappa shape index (κ1) is 56.8. The van der Waals surface area contributed by atoms with Gasteiger partial charge in [-0.3, -0.25) is 18.6 Å². The molecule has 0 heterocycles. The van der Waals surface area contributed by atoms with Gasteiger partial charge >= 0.3 is 19.8 Å². The fourth-order valence-electron chi connectivity index (χ4n) is 6.85. The summed E-state index contributed by atoms with van der Waals surface area (Å²) in [4.78, 5) is 35.6. The third kappa shape index (κ3) is 29.7. The first-order chi connectivity index (χ1) is 29.4. The molecule has 0 radical (unpaired) electrons. The third-order valence-electron chi connectivity index (χ3n) is 10.7. The number of aliphatic hydroxyl groups is 5. The second-order valence-corrected chi connectivity index (χ2v) is 17.7. The van der Waals surface area contributed by atoms with Gasteiger partial charge in [0.2, 0.25) is 0 Å². The van der Waals surface area contributed by atoms with Gasteiger partial charge < -0.3 is 39.9 Å². The van der Waals surface area contributed by atoms with Crippen LogP contribution in [0.4, 0.5) is 0 Å². The molecule has 0 saturated heterocycles. The smallest absolute Gasteiger partial charge is 0.462 e. The van der Waals surface area contributed by atoms with Crippen molar-refractivity contribution < 1.29 is 63.1 Å². The van der Waals surface area contributed by atoms with Crippen LogP contribution >= 0.6 is 7.82 Å². The van der Waals surface area contributed by atoms with Crippen molar-refractivity contribution in [2.75, 3.05) is 13.2 Å². The van der Waals surface area contributed by atoms with E-state index < -0.39 is 75.7 Å². The number of ether oxygens (including phenoxy) is 2. The molecule has 8 atom stereocenters. The highest BCUT2D eigenvalue weighted by Gasteiger charge is 2.51. The minimum absolute atomic E-state index is 0.0177. The molecule has 0 spiro atoms. The summed E-state index contributed by atoms with van der Waals surface area (Å²) in [7, 11) is -5.14. The summed E-state index contributed by atoms with van der Waals surface area (Å²) in [6, 6.07) is 0. The fraction of sp³-hybridized carbons (Fsp3) is 0.787. The van der Waals surface area contributed by atoms with Crippen LogP contribution in [-0.2, 0) is 32.7 Å². The van der Waals surface area contributed by atoms with Gasteiger partial charge in [-0.15, -0.1) is 0 Å². The highest BCUT2D eigenvalue weighted by Crippen LogP contribution is 2.47. The average Bonchev–Trinajstić information content (AvgIpc) is 3.24. The summed E-state index contributed by atoms with van der Waals surface area (Å²) in [5, 5.41) is 50.1. The maximum atomic E-state index is 12.8. The summed E-state index contributed by atoms with van der Waals surface area (Å²) in [6.45, 7) is 3.22. The molecule has 6 unspecified atom stereocenters. The van der Waals surface area contributed by atoms with Gasteiger partial charge in [0.05, 0.1) is 6.61 Å². The van der Waals surface area contributed by atoms with Crippen molar-refractivity contribution >= 4 is 19.8 Å². The maximum absolute atomic E-state index is 12.8. The topological polar surface area (TPSA) is 210 Å². The van der Waals surface area contributed by atoms with Crippen LogP contribution in [0, 0.1) is 0 Å². The lowest BCUT2D eigenvalue weighted by Crippen LogP contribution is -2.64. The lowest BCUT2D eigenvalue weighted by atomic mass is 9.85. The summed E-state index contributed by atoms with van der Waals surface area (Å²) in [5.74, 6) is -1.22. The van der Waals surface area contributed by atoms with Gasteiger partial charge in [-0.1, -0.05) is 159 Å². The molecule has 1 rings (SSSR count). The van der Waals surface area contributed by atoms with Crippen LogP contribution < -0.4 is 0 Å². The van der Waals surface area contributed by atoms with Crippen molar-refractivity contribution in [1.82, 2.24) is 0 Å². The Balaban J connectivity index is 2.52. The standard InChI is InChI=1S/C47H83O13P/c1-3-5-7-9-11-13-15-17-19-20-22-24-26-28-30-32-34-36-41(49)59-39(38-58-61(55,56)60-47-45(53)43(51)42(50)44(52)46(47)54)37-57-40(48)35-33-31-29-27-25-23-21-18-16-14-12-10-8-6-4-2/h17,19,22,24,28-31,39,42-47,50-54H,3-16,18,20-21,23,25-27,32-38H2,1-2H3,(H,55,56)/b19-17+,24-22+,30-28+,31-29+/t39-,42?,43+,44?,45?,46?,47?/m1/s1. The van der Waals surface area contributed by atoms with Crippen molar-refractivity contribution in [1.29, 1.82) is 0 Å². The van der Waals surface area contributed by atoms with Gasteiger partial charge in [0.25, 0.3) is 0 Å². The number of carbonyl (C=O) groups is 2. The fourth-order valence-corrected chi connectivity index (χ4v) is 7.82. The van der Waals surface area contributed by atoms with Crippen LogP contribution in [-0.4, -0.2) is 98.3 Å². The van der Waals surface area contributed by atoms with Gasteiger partial charge in [0.15, 0.2) is 6.10 Å². The monoisotopic (exact) mass is 887 g/mol. The van der Waals surface area contributed by atoms with E-state index in [2.05, 4.69) is 44.2 Å². The Labute approximate surface area is 367 Å². The summed E-state index contributed by atoms with van der Waals surface area (Å²) in [5.41, 5.74) is 0. The SMILES string of the molecule is CCCCCCCC/C=C/C/C=C/C/C=C/CCCC(=O)O[C@H](COC(=O)CC/C=C/CCCCCCCCCCCCC)COP(=O)(O)OC1C(O)C(O)C(O)[C@H](O)C1O. The normalized spacial score (nSPS) is 22.4. The van der Waals surface area contributed by atoms with Crippen molar-refractivity contribution in [2.24, 2.45) is 0 Å². The van der Waals surface area contributed by atoms with Crippen molar-refractivity contribution in [2.45, 2.75) is 224 Å². The molecule has 0 aromatic heterocycles. The van der Waals surface area contributed by atoms with Crippen LogP contribution in [0.15, 0.2) is 48.6 Å². The second kappa shape index (κ2) is 37.2. The first-order valence-corrected chi connectivity index (χ1v) is 24.9. The molecular weight excluding hydrogens is 803 g/mol. The predicted molar refractivity (Wildman–Crippen MR) is 239 cm³/mol. The van der Waals surface area contributed by atoms with Crippen LogP contribution in [0.1, 0.15) is 181 Å². The molecule has 0 aliphatic heterocycles. The lowest BCUT2D eigenvalue weighted by molar-refractivity contribution is -0.220. The summed E-state index contributed by atoms with van der Waals surface area (Å²) < 4.78 is 33.4. The molecule has 14 heteroatoms. The molecule has 1 aliphatic rings. The van der Waals surface area contributed by atoms with Gasteiger partial charge in [0.1, 0.15) is 43.2 Å². The molecular formula is C47H83O13P. The molecule has 0 amide bonds. The molecule has 13 nitrogen and oxygen atoms in total. The summed E-state index contributed by atoms with van der Waals surface area (Å²) in [6.07, 6.45) is 30.4. The Hall–Kier alpha value is -2.19. The number of allylic oxidation sites excluding steroid dienone is 8. The molecule has 354 valence electrons. The van der Waals surface area contributed by atoms with Gasteiger partial charge in [0, 0.05) is 12.8 Å². The zero-order valence-corrected chi connectivity index (χ0v) is 38.3. The number of esters is 2. The molecule has 0 aromatic carbocycles. The maximum Gasteiger partial charge on any atom is 0.472 e. The first-order valence-electron chi connectivity index (χ1n) is 23.4. The molecule has 6 N–H and O–H groups in total. The van der Waals surface area contributed by atoms with E-state index in [0.29, 0.717) is 19.3 Å². The zero-order chi connectivity index (χ0) is 45.0. The number of unbranched alkanes of at least 4 members (excludes halogenated alkanes) is 18. The Morgan fingerprint density at radius 1 is 0.508 bits per heavy atom. The molecule has 1 fully saturated rings. The van der Waals surface area contributed by atoms with E-state index in [1.807, 2.05) is 18.2 Å². The van der Waals surface area contributed by atoms with Crippen LogP contribution in [0.2, 0.25) is 0 Å². The van der Waals surface area contributed by atoms with Gasteiger partial charge in [-0.25, -0.2) is 4.57 Å². The molecule has 1 saturated carbocycles. The van der Waals surface area contributed by atoms with Crippen molar-refractivity contribution in [3.05, 3.63) is 48.6 Å². The van der Waals surface area contributed by atoms with Crippen LogP contribution in [0.25, 0.3) is 0 Å². The average molecular weight is 887 g/mol. The van der Waals surface area contributed by atoms with E-state index in [9.17, 15) is 44.6 Å². The van der Waals surface area contributed by atoms with E-state index in [1.165, 1.54) is 103 Å². The highest BCUT2D eigenvalue weighted by atomic mass is 31.2. The number of phosphoric acid groups is 1. The van der Waals surface area contributed by atoms with E-state index in [4.69, 9.17) is 18.5 Å². The quantitative estimate of drug-likeness (QED) is 0.0148. The predicted octanol–water partition coefficient (Wildman–Crippen LogP) is 9.17. The molecule has 0 bridgehead atoms. The van der Waals surface area contributed by atoms with E-state index in [-0.39, 0.29) is 12.8 Å².